The molecule has 1 aliphatic carbocycles. The van der Waals surface area contributed by atoms with Crippen LogP contribution in [-0.2, 0) is 20.7 Å². The molecule has 2 fully saturated rings. The number of hydrogen-bond donors (Lipinski definition) is 2. The normalized spacial score (nSPS) is 25.1. The second kappa shape index (κ2) is 10.5. The van der Waals surface area contributed by atoms with Crippen LogP contribution in [0.15, 0.2) is 30.3 Å². The van der Waals surface area contributed by atoms with E-state index in [0.717, 1.165) is 64.5 Å². The largest absolute Gasteiger partial charge is 0.376 e. The van der Waals surface area contributed by atoms with Gasteiger partial charge in [-0.3, -0.25) is 9.59 Å². The van der Waals surface area contributed by atoms with Crippen LogP contribution in [0.25, 0.3) is 0 Å². The van der Waals surface area contributed by atoms with E-state index < -0.39 is 0 Å². The number of hydrogen-bond acceptors (Lipinski definition) is 3. The van der Waals surface area contributed by atoms with E-state index in [1.54, 1.807) is 0 Å². The topological polar surface area (TPSA) is 67.4 Å². The molecule has 1 saturated carbocycles. The molecule has 27 heavy (non-hydrogen) atoms. The summed E-state index contributed by atoms with van der Waals surface area (Å²) in [6, 6.07) is 10.3. The molecule has 2 amide bonds. The van der Waals surface area contributed by atoms with E-state index in [-0.39, 0.29) is 29.8 Å². The average Bonchev–Trinajstić information content (AvgIpc) is 3.24. The molecular formula is C22H32N2O3. The van der Waals surface area contributed by atoms with Crippen molar-refractivity contribution in [1.29, 1.82) is 0 Å². The summed E-state index contributed by atoms with van der Waals surface area (Å²) in [6.45, 7) is 2.16. The maximum absolute atomic E-state index is 12.4. The molecule has 1 atom stereocenters. The van der Waals surface area contributed by atoms with E-state index in [0.29, 0.717) is 6.54 Å². The van der Waals surface area contributed by atoms with E-state index in [4.69, 9.17) is 4.74 Å². The third-order valence-electron chi connectivity index (χ3n) is 5.78. The van der Waals surface area contributed by atoms with Crippen molar-refractivity contribution < 1.29 is 14.3 Å². The zero-order valence-electron chi connectivity index (χ0n) is 16.1. The minimum absolute atomic E-state index is 0.0496. The number of nitrogens with one attached hydrogen (secondary N) is 2. The van der Waals surface area contributed by atoms with Crippen LogP contribution < -0.4 is 10.6 Å². The summed E-state index contributed by atoms with van der Waals surface area (Å²) in [7, 11) is 0. The zero-order chi connectivity index (χ0) is 18.9. The molecule has 1 aromatic carbocycles. The fraction of sp³-hybridized carbons (Fsp3) is 0.636. The fourth-order valence-corrected chi connectivity index (χ4v) is 4.07. The van der Waals surface area contributed by atoms with Crippen molar-refractivity contribution in [1.82, 2.24) is 10.6 Å². The molecule has 0 aromatic heterocycles. The number of amides is 2. The Labute approximate surface area is 162 Å². The monoisotopic (exact) mass is 372 g/mol. The first kappa shape index (κ1) is 19.9. The van der Waals surface area contributed by atoms with Crippen LogP contribution in [0.2, 0.25) is 0 Å². The van der Waals surface area contributed by atoms with Crippen LogP contribution >= 0.6 is 0 Å². The molecular weight excluding hydrogens is 340 g/mol. The molecule has 1 heterocycles. The Balaban J connectivity index is 1.28. The quantitative estimate of drug-likeness (QED) is 0.690. The molecule has 3 rings (SSSR count). The van der Waals surface area contributed by atoms with Gasteiger partial charge in [0.1, 0.15) is 0 Å². The third kappa shape index (κ3) is 6.35. The average molecular weight is 373 g/mol. The summed E-state index contributed by atoms with van der Waals surface area (Å²) in [6.07, 6.45) is 7.48. The van der Waals surface area contributed by atoms with Gasteiger partial charge in [-0.1, -0.05) is 30.3 Å². The van der Waals surface area contributed by atoms with E-state index in [9.17, 15) is 9.59 Å². The minimum Gasteiger partial charge on any atom is -0.376 e. The Morgan fingerprint density at radius 1 is 0.926 bits per heavy atom. The lowest BCUT2D eigenvalue weighted by atomic mass is 9.81. The second-order valence-corrected chi connectivity index (χ2v) is 7.81. The Morgan fingerprint density at radius 3 is 2.22 bits per heavy atom. The van der Waals surface area contributed by atoms with Gasteiger partial charge in [0.2, 0.25) is 11.8 Å². The Bertz CT molecular complexity index is 591. The first-order chi connectivity index (χ1) is 13.2. The molecule has 0 bridgehead atoms. The second-order valence-electron chi connectivity index (χ2n) is 7.81. The molecule has 1 saturated heterocycles. The smallest absolute Gasteiger partial charge is 0.223 e. The van der Waals surface area contributed by atoms with E-state index in [1.165, 1.54) is 5.56 Å². The molecule has 1 unspecified atom stereocenters. The Hall–Kier alpha value is -1.88. The van der Waals surface area contributed by atoms with Crippen molar-refractivity contribution in [2.75, 3.05) is 19.7 Å². The van der Waals surface area contributed by atoms with Crippen molar-refractivity contribution >= 4 is 11.8 Å². The van der Waals surface area contributed by atoms with Crippen LogP contribution in [0, 0.1) is 11.8 Å². The summed E-state index contributed by atoms with van der Waals surface area (Å²) < 4.78 is 5.55. The molecule has 148 valence electrons. The van der Waals surface area contributed by atoms with Crippen LogP contribution in [-0.4, -0.2) is 37.6 Å². The lowest BCUT2D eigenvalue weighted by Gasteiger charge is -2.27. The van der Waals surface area contributed by atoms with Gasteiger partial charge in [-0.15, -0.1) is 0 Å². The number of aryl methyl sites for hydroxylation is 1. The van der Waals surface area contributed by atoms with Gasteiger partial charge in [-0.05, 0) is 56.9 Å². The van der Waals surface area contributed by atoms with Crippen molar-refractivity contribution in [3.63, 3.8) is 0 Å². The van der Waals surface area contributed by atoms with Gasteiger partial charge in [0.25, 0.3) is 0 Å². The van der Waals surface area contributed by atoms with Gasteiger partial charge < -0.3 is 15.4 Å². The molecule has 1 aromatic rings. The van der Waals surface area contributed by atoms with Crippen molar-refractivity contribution in [2.45, 2.75) is 57.5 Å². The van der Waals surface area contributed by atoms with Crippen LogP contribution in [0.5, 0.6) is 0 Å². The Kier molecular flexibility index (Phi) is 7.69. The maximum Gasteiger partial charge on any atom is 0.223 e. The third-order valence-corrected chi connectivity index (χ3v) is 5.78. The van der Waals surface area contributed by atoms with Gasteiger partial charge in [-0.25, -0.2) is 0 Å². The molecule has 1 aliphatic heterocycles. The highest BCUT2D eigenvalue weighted by molar-refractivity contribution is 5.81. The van der Waals surface area contributed by atoms with Crippen LogP contribution in [0.1, 0.15) is 50.5 Å². The summed E-state index contributed by atoms with van der Waals surface area (Å²) in [4.78, 5) is 24.7. The van der Waals surface area contributed by atoms with Gasteiger partial charge in [0, 0.05) is 31.5 Å². The highest BCUT2D eigenvalue weighted by atomic mass is 16.5. The molecule has 2 aliphatic rings. The first-order valence-electron chi connectivity index (χ1n) is 10.4. The lowest BCUT2D eigenvalue weighted by Crippen LogP contribution is -2.39. The number of carbonyl (C=O) groups is 2. The zero-order valence-corrected chi connectivity index (χ0v) is 16.1. The SMILES string of the molecule is O=C(NCCCc1ccccc1)C1CCC(C(=O)NCC2CCCO2)CC1. The number of ether oxygens (including phenoxy) is 1. The van der Waals surface area contributed by atoms with E-state index in [1.807, 2.05) is 18.2 Å². The summed E-state index contributed by atoms with van der Waals surface area (Å²) in [5, 5.41) is 6.10. The molecule has 0 spiro atoms. The lowest BCUT2D eigenvalue weighted by molar-refractivity contribution is -0.130. The van der Waals surface area contributed by atoms with Crippen LogP contribution in [0.3, 0.4) is 0 Å². The summed E-state index contributed by atoms with van der Waals surface area (Å²) in [5.41, 5.74) is 1.31. The summed E-state index contributed by atoms with van der Waals surface area (Å²) >= 11 is 0. The highest BCUT2D eigenvalue weighted by Crippen LogP contribution is 2.29. The molecule has 5 nitrogen and oxygen atoms in total. The standard InChI is InChI=1S/C22H32N2O3/c25-21(23-14-4-8-17-6-2-1-3-7-17)18-10-12-19(13-11-18)22(26)24-16-20-9-5-15-27-20/h1-3,6-7,18-20H,4-5,8-16H2,(H,23,25)(H,24,26). The molecule has 2 N–H and O–H groups in total. The number of rotatable bonds is 8. The van der Waals surface area contributed by atoms with Gasteiger partial charge in [0.15, 0.2) is 0 Å². The number of carbonyl (C=O) groups excluding carboxylic acids is 2. The first-order valence-corrected chi connectivity index (χ1v) is 10.4. The predicted octanol–water partition coefficient (Wildman–Crippen LogP) is 2.84. The van der Waals surface area contributed by atoms with Crippen LogP contribution in [0.4, 0.5) is 0 Å². The Morgan fingerprint density at radius 2 is 1.59 bits per heavy atom. The highest BCUT2D eigenvalue weighted by Gasteiger charge is 2.30. The van der Waals surface area contributed by atoms with Crippen molar-refractivity contribution in [2.24, 2.45) is 11.8 Å². The van der Waals surface area contributed by atoms with E-state index in [2.05, 4.69) is 22.8 Å². The molecule has 0 radical (unpaired) electrons. The van der Waals surface area contributed by atoms with Gasteiger partial charge in [0.05, 0.1) is 6.10 Å². The minimum atomic E-state index is 0.0496. The fourth-order valence-electron chi connectivity index (χ4n) is 4.07. The summed E-state index contributed by atoms with van der Waals surface area (Å²) in [5.74, 6) is 0.394. The van der Waals surface area contributed by atoms with Gasteiger partial charge in [-0.2, -0.15) is 0 Å². The van der Waals surface area contributed by atoms with Crippen molar-refractivity contribution in [3.05, 3.63) is 35.9 Å². The maximum atomic E-state index is 12.4. The molecule has 5 heteroatoms. The van der Waals surface area contributed by atoms with E-state index >= 15 is 0 Å². The van der Waals surface area contributed by atoms with Crippen molar-refractivity contribution in [3.8, 4) is 0 Å². The predicted molar refractivity (Wildman–Crippen MR) is 105 cm³/mol. The number of benzene rings is 1. The van der Waals surface area contributed by atoms with Gasteiger partial charge >= 0.3 is 0 Å².